The van der Waals surface area contributed by atoms with Crippen molar-refractivity contribution < 1.29 is 32.6 Å². The molecule has 0 aliphatic carbocycles. The second-order valence-electron chi connectivity index (χ2n) is 6.11. The molecule has 0 aliphatic rings. The number of carbonyl (C=O) groups is 3. The van der Waals surface area contributed by atoms with Gasteiger partial charge in [0, 0.05) is 24.4 Å². The Bertz CT molecular complexity index is 912. The summed E-state index contributed by atoms with van der Waals surface area (Å²) in [5.74, 6) is -1.48. The summed E-state index contributed by atoms with van der Waals surface area (Å²) in [6.07, 6.45) is 1.48. The highest BCUT2D eigenvalue weighted by molar-refractivity contribution is 5.97. The molecule has 0 fully saturated rings. The summed E-state index contributed by atoms with van der Waals surface area (Å²) in [5.41, 5.74) is 1.61. The standard InChI is InChI=1S/C21H20F2N2O5/c1-13(20(28)25-17-8-6-16(7-9-17)24-14(2)26)29-19(27)12-5-15-3-10-18(11-4-15)30-21(22)23/h3-13,21H,1-2H3,(H,24,26)(H,25,28)/b12-5+/t13-/m1/s1. The topological polar surface area (TPSA) is 93.7 Å². The van der Waals surface area contributed by atoms with Gasteiger partial charge in [0.2, 0.25) is 5.91 Å². The highest BCUT2D eigenvalue weighted by Crippen LogP contribution is 2.16. The molecule has 2 aromatic carbocycles. The maximum atomic E-state index is 12.2. The van der Waals surface area contributed by atoms with Gasteiger partial charge in [-0.1, -0.05) is 12.1 Å². The number of nitrogens with one attached hydrogen (secondary N) is 2. The molecule has 9 heteroatoms. The van der Waals surface area contributed by atoms with Gasteiger partial charge in [0.25, 0.3) is 5.91 Å². The van der Waals surface area contributed by atoms with E-state index in [1.54, 1.807) is 24.3 Å². The van der Waals surface area contributed by atoms with E-state index >= 15 is 0 Å². The number of hydrogen-bond donors (Lipinski definition) is 2. The fourth-order valence-corrected chi connectivity index (χ4v) is 2.28. The fraction of sp³-hybridized carbons (Fsp3) is 0.190. The molecule has 2 amide bonds. The van der Waals surface area contributed by atoms with Gasteiger partial charge in [-0.25, -0.2) is 4.79 Å². The zero-order chi connectivity index (χ0) is 22.1. The van der Waals surface area contributed by atoms with Gasteiger partial charge in [0.15, 0.2) is 6.10 Å². The monoisotopic (exact) mass is 418 g/mol. The molecule has 2 rings (SSSR count). The van der Waals surface area contributed by atoms with Crippen LogP contribution in [0.15, 0.2) is 54.6 Å². The molecule has 0 bridgehead atoms. The van der Waals surface area contributed by atoms with Crippen LogP contribution < -0.4 is 15.4 Å². The molecule has 0 aliphatic heterocycles. The van der Waals surface area contributed by atoms with Crippen LogP contribution in [-0.4, -0.2) is 30.5 Å². The summed E-state index contributed by atoms with van der Waals surface area (Å²) in [6, 6.07) is 12.1. The number of alkyl halides is 2. The van der Waals surface area contributed by atoms with E-state index in [2.05, 4.69) is 15.4 Å². The van der Waals surface area contributed by atoms with Crippen molar-refractivity contribution in [2.75, 3.05) is 10.6 Å². The average Bonchev–Trinajstić information content (AvgIpc) is 2.68. The molecule has 7 nitrogen and oxygen atoms in total. The predicted molar refractivity (Wildman–Crippen MR) is 107 cm³/mol. The van der Waals surface area contributed by atoms with E-state index in [0.29, 0.717) is 16.9 Å². The van der Waals surface area contributed by atoms with E-state index in [4.69, 9.17) is 4.74 Å². The third kappa shape index (κ3) is 7.70. The average molecular weight is 418 g/mol. The smallest absolute Gasteiger partial charge is 0.387 e. The summed E-state index contributed by atoms with van der Waals surface area (Å²) in [4.78, 5) is 35.0. The molecule has 0 saturated heterocycles. The van der Waals surface area contributed by atoms with Gasteiger partial charge in [-0.15, -0.1) is 0 Å². The Morgan fingerprint density at radius 3 is 2.03 bits per heavy atom. The summed E-state index contributed by atoms with van der Waals surface area (Å²) in [5, 5.41) is 5.20. The lowest BCUT2D eigenvalue weighted by Crippen LogP contribution is -2.29. The molecule has 0 heterocycles. The van der Waals surface area contributed by atoms with Crippen LogP contribution in [0.2, 0.25) is 0 Å². The number of ether oxygens (including phenoxy) is 2. The van der Waals surface area contributed by atoms with Crippen molar-refractivity contribution in [1.29, 1.82) is 0 Å². The lowest BCUT2D eigenvalue weighted by molar-refractivity contribution is -0.148. The number of rotatable bonds is 8. The minimum Gasteiger partial charge on any atom is -0.449 e. The van der Waals surface area contributed by atoms with Crippen LogP contribution in [-0.2, 0) is 19.1 Å². The molecular formula is C21H20F2N2O5. The first kappa shape index (κ1) is 22.5. The number of esters is 1. The Hall–Kier alpha value is -3.75. The maximum absolute atomic E-state index is 12.2. The number of carbonyl (C=O) groups excluding carboxylic acids is 3. The first-order chi connectivity index (χ1) is 14.2. The molecule has 0 saturated carbocycles. The maximum Gasteiger partial charge on any atom is 0.387 e. The molecule has 2 N–H and O–H groups in total. The molecule has 1 atom stereocenters. The third-order valence-corrected chi connectivity index (χ3v) is 3.65. The minimum atomic E-state index is -2.91. The first-order valence-electron chi connectivity index (χ1n) is 8.85. The highest BCUT2D eigenvalue weighted by Gasteiger charge is 2.16. The highest BCUT2D eigenvalue weighted by atomic mass is 19.3. The quantitative estimate of drug-likeness (QED) is 0.502. The van der Waals surface area contributed by atoms with Crippen LogP contribution in [0, 0.1) is 0 Å². The Morgan fingerprint density at radius 2 is 1.50 bits per heavy atom. The van der Waals surface area contributed by atoms with E-state index in [1.165, 1.54) is 44.2 Å². The van der Waals surface area contributed by atoms with Gasteiger partial charge in [-0.3, -0.25) is 9.59 Å². The Kier molecular flexibility index (Phi) is 8.04. The minimum absolute atomic E-state index is 0.000118. The summed E-state index contributed by atoms with van der Waals surface area (Å²) >= 11 is 0. The van der Waals surface area contributed by atoms with Crippen LogP contribution in [0.1, 0.15) is 19.4 Å². The summed E-state index contributed by atoms with van der Waals surface area (Å²) in [7, 11) is 0. The second kappa shape index (κ2) is 10.7. The number of benzene rings is 2. The van der Waals surface area contributed by atoms with Gasteiger partial charge in [-0.05, 0) is 55.0 Å². The molecule has 158 valence electrons. The number of amides is 2. The number of hydrogen-bond acceptors (Lipinski definition) is 5. The SMILES string of the molecule is CC(=O)Nc1ccc(NC(=O)[C@@H](C)OC(=O)/C=C/c2ccc(OC(F)F)cc2)cc1. The molecule has 0 aromatic heterocycles. The van der Waals surface area contributed by atoms with Gasteiger partial charge < -0.3 is 20.1 Å². The first-order valence-corrected chi connectivity index (χ1v) is 8.85. The van der Waals surface area contributed by atoms with Crippen LogP contribution >= 0.6 is 0 Å². The van der Waals surface area contributed by atoms with E-state index < -0.39 is 24.6 Å². The van der Waals surface area contributed by atoms with Crippen molar-refractivity contribution in [2.45, 2.75) is 26.6 Å². The Balaban J connectivity index is 1.84. The van der Waals surface area contributed by atoms with Crippen LogP contribution in [0.3, 0.4) is 0 Å². The molecular weight excluding hydrogens is 398 g/mol. The van der Waals surface area contributed by atoms with E-state index in [1.807, 2.05) is 0 Å². The van der Waals surface area contributed by atoms with Gasteiger partial charge in [0.1, 0.15) is 5.75 Å². The number of halogens is 2. The normalized spacial score (nSPS) is 11.8. The van der Waals surface area contributed by atoms with E-state index in [0.717, 1.165) is 6.08 Å². The molecule has 2 aromatic rings. The van der Waals surface area contributed by atoms with E-state index in [-0.39, 0.29) is 11.7 Å². The molecule has 0 radical (unpaired) electrons. The number of anilines is 2. The molecule has 0 unspecified atom stereocenters. The van der Waals surface area contributed by atoms with Crippen LogP contribution in [0.25, 0.3) is 6.08 Å². The van der Waals surface area contributed by atoms with Crippen molar-refractivity contribution >= 4 is 35.2 Å². The van der Waals surface area contributed by atoms with Crippen molar-refractivity contribution in [3.63, 3.8) is 0 Å². The van der Waals surface area contributed by atoms with Crippen molar-refractivity contribution in [1.82, 2.24) is 0 Å². The van der Waals surface area contributed by atoms with Gasteiger partial charge >= 0.3 is 12.6 Å². The summed E-state index contributed by atoms with van der Waals surface area (Å²) in [6.45, 7) is -0.107. The van der Waals surface area contributed by atoms with Crippen molar-refractivity contribution in [3.05, 3.63) is 60.2 Å². The lowest BCUT2D eigenvalue weighted by atomic mass is 10.2. The largest absolute Gasteiger partial charge is 0.449 e. The van der Waals surface area contributed by atoms with Crippen molar-refractivity contribution in [2.24, 2.45) is 0 Å². The molecule has 0 spiro atoms. The van der Waals surface area contributed by atoms with Gasteiger partial charge in [0.05, 0.1) is 0 Å². The Morgan fingerprint density at radius 1 is 0.933 bits per heavy atom. The third-order valence-electron chi connectivity index (χ3n) is 3.65. The fourth-order valence-electron chi connectivity index (χ4n) is 2.28. The van der Waals surface area contributed by atoms with E-state index in [9.17, 15) is 23.2 Å². The lowest BCUT2D eigenvalue weighted by Gasteiger charge is -2.12. The molecule has 30 heavy (non-hydrogen) atoms. The predicted octanol–water partition coefficient (Wildman–Crippen LogP) is 3.83. The van der Waals surface area contributed by atoms with Crippen LogP contribution in [0.4, 0.5) is 20.2 Å². The van der Waals surface area contributed by atoms with Crippen LogP contribution in [0.5, 0.6) is 5.75 Å². The second-order valence-corrected chi connectivity index (χ2v) is 6.11. The van der Waals surface area contributed by atoms with Gasteiger partial charge in [-0.2, -0.15) is 8.78 Å². The zero-order valence-corrected chi connectivity index (χ0v) is 16.2. The Labute approximate surface area is 171 Å². The summed E-state index contributed by atoms with van der Waals surface area (Å²) < 4.78 is 33.5. The van der Waals surface area contributed by atoms with Crippen molar-refractivity contribution in [3.8, 4) is 5.75 Å². The zero-order valence-electron chi connectivity index (χ0n) is 16.2.